The van der Waals surface area contributed by atoms with E-state index in [0.717, 1.165) is 29.5 Å². The van der Waals surface area contributed by atoms with Gasteiger partial charge in [0.15, 0.2) is 18.1 Å². The Bertz CT molecular complexity index is 854. The van der Waals surface area contributed by atoms with E-state index in [2.05, 4.69) is 10.1 Å². The molecule has 0 saturated carbocycles. The minimum atomic E-state index is -0.534. The fourth-order valence-electron chi connectivity index (χ4n) is 2.48. The van der Waals surface area contributed by atoms with Gasteiger partial charge in [-0.05, 0) is 42.0 Å². The predicted molar refractivity (Wildman–Crippen MR) is 111 cm³/mol. The summed E-state index contributed by atoms with van der Waals surface area (Å²) >= 11 is 0.767. The number of esters is 1. The summed E-state index contributed by atoms with van der Waals surface area (Å²) < 4.78 is 15.1. The van der Waals surface area contributed by atoms with Crippen molar-refractivity contribution in [1.29, 1.82) is 0 Å². The molecule has 1 heterocycles. The third-order valence-electron chi connectivity index (χ3n) is 4.09. The Morgan fingerprint density at radius 3 is 2.63 bits per heavy atom. The maximum absolute atomic E-state index is 12.5. The third-order valence-corrected chi connectivity index (χ3v) is 4.99. The zero-order valence-electron chi connectivity index (χ0n) is 17.1. The summed E-state index contributed by atoms with van der Waals surface area (Å²) in [5.74, 6) is -0.756. The maximum atomic E-state index is 12.5. The third kappa shape index (κ3) is 6.24. The SMILES string of the molecule is CCCCNC(=O)CN1C(=O)S/C(=C\c2ccc(OCC(=O)OC)c(OC)c2)C1=O. The van der Waals surface area contributed by atoms with E-state index in [0.29, 0.717) is 23.6 Å². The highest BCUT2D eigenvalue weighted by molar-refractivity contribution is 8.18. The number of hydrogen-bond donors (Lipinski definition) is 1. The van der Waals surface area contributed by atoms with Crippen molar-refractivity contribution in [3.8, 4) is 11.5 Å². The van der Waals surface area contributed by atoms with Gasteiger partial charge < -0.3 is 19.5 Å². The van der Waals surface area contributed by atoms with Crippen molar-refractivity contribution in [1.82, 2.24) is 10.2 Å². The van der Waals surface area contributed by atoms with Crippen LogP contribution in [0.3, 0.4) is 0 Å². The smallest absolute Gasteiger partial charge is 0.343 e. The summed E-state index contributed by atoms with van der Waals surface area (Å²) in [5.41, 5.74) is 0.593. The van der Waals surface area contributed by atoms with Crippen LogP contribution in [0.2, 0.25) is 0 Å². The molecule has 162 valence electrons. The van der Waals surface area contributed by atoms with Crippen LogP contribution in [0.25, 0.3) is 6.08 Å². The summed E-state index contributed by atoms with van der Waals surface area (Å²) in [6.07, 6.45) is 3.29. The van der Waals surface area contributed by atoms with Crippen molar-refractivity contribution in [2.45, 2.75) is 19.8 Å². The number of carbonyl (C=O) groups excluding carboxylic acids is 4. The van der Waals surface area contributed by atoms with Crippen LogP contribution < -0.4 is 14.8 Å². The fourth-order valence-corrected chi connectivity index (χ4v) is 3.32. The van der Waals surface area contributed by atoms with E-state index in [1.807, 2.05) is 6.92 Å². The molecule has 0 bridgehead atoms. The summed E-state index contributed by atoms with van der Waals surface area (Å²) in [5, 5.41) is 2.19. The molecule has 30 heavy (non-hydrogen) atoms. The van der Waals surface area contributed by atoms with Crippen LogP contribution in [0.1, 0.15) is 25.3 Å². The molecule has 10 heteroatoms. The van der Waals surface area contributed by atoms with Gasteiger partial charge in [0.05, 0.1) is 19.1 Å². The van der Waals surface area contributed by atoms with Crippen LogP contribution in [0, 0.1) is 0 Å². The van der Waals surface area contributed by atoms with Crippen molar-refractivity contribution in [2.75, 3.05) is 33.9 Å². The monoisotopic (exact) mass is 436 g/mol. The van der Waals surface area contributed by atoms with Gasteiger partial charge in [-0.3, -0.25) is 19.3 Å². The van der Waals surface area contributed by atoms with Crippen molar-refractivity contribution in [3.63, 3.8) is 0 Å². The molecule has 1 saturated heterocycles. The lowest BCUT2D eigenvalue weighted by Crippen LogP contribution is -2.39. The standard InChI is InChI=1S/C20H24N2O7S/c1-4-5-8-21-17(23)11-22-19(25)16(30-20(22)26)10-13-6-7-14(15(9-13)27-2)29-12-18(24)28-3/h6-7,9-10H,4-5,8,11-12H2,1-3H3,(H,21,23)/b16-10-. The Morgan fingerprint density at radius 2 is 1.97 bits per heavy atom. The number of thioether (sulfide) groups is 1. The number of unbranched alkanes of at least 4 members (excludes halogenated alkanes) is 1. The molecular formula is C20H24N2O7S. The number of benzene rings is 1. The van der Waals surface area contributed by atoms with E-state index in [1.165, 1.54) is 20.3 Å². The highest BCUT2D eigenvalue weighted by Gasteiger charge is 2.36. The van der Waals surface area contributed by atoms with Crippen LogP contribution in [-0.4, -0.2) is 61.8 Å². The second-order valence-corrected chi connectivity index (χ2v) is 7.24. The van der Waals surface area contributed by atoms with Crippen LogP contribution in [0.4, 0.5) is 4.79 Å². The Hall–Kier alpha value is -3.01. The number of imide groups is 1. The molecular weight excluding hydrogens is 412 g/mol. The zero-order chi connectivity index (χ0) is 22.1. The molecule has 1 aromatic rings. The van der Waals surface area contributed by atoms with E-state index in [9.17, 15) is 19.2 Å². The molecule has 2 rings (SSSR count). The minimum Gasteiger partial charge on any atom is -0.493 e. The summed E-state index contributed by atoms with van der Waals surface area (Å²) in [4.78, 5) is 49.0. The quantitative estimate of drug-likeness (QED) is 0.338. The summed E-state index contributed by atoms with van der Waals surface area (Å²) in [7, 11) is 2.70. The maximum Gasteiger partial charge on any atom is 0.343 e. The molecule has 0 radical (unpaired) electrons. The highest BCUT2D eigenvalue weighted by Crippen LogP contribution is 2.34. The Morgan fingerprint density at radius 1 is 1.20 bits per heavy atom. The van der Waals surface area contributed by atoms with Crippen LogP contribution >= 0.6 is 11.8 Å². The zero-order valence-corrected chi connectivity index (χ0v) is 17.9. The first-order chi connectivity index (χ1) is 14.4. The van der Waals surface area contributed by atoms with Gasteiger partial charge in [-0.2, -0.15) is 0 Å². The second-order valence-electron chi connectivity index (χ2n) is 6.25. The first-order valence-corrected chi connectivity index (χ1v) is 10.1. The number of methoxy groups -OCH3 is 2. The number of hydrogen-bond acceptors (Lipinski definition) is 8. The second kappa shape index (κ2) is 11.2. The molecule has 0 spiro atoms. The fraction of sp³-hybridized carbons (Fsp3) is 0.400. The van der Waals surface area contributed by atoms with Gasteiger partial charge in [-0.1, -0.05) is 19.4 Å². The molecule has 9 nitrogen and oxygen atoms in total. The minimum absolute atomic E-state index is 0.201. The van der Waals surface area contributed by atoms with Gasteiger partial charge in [0.25, 0.3) is 11.1 Å². The lowest BCUT2D eigenvalue weighted by molar-refractivity contribution is -0.143. The average molecular weight is 436 g/mol. The molecule has 1 aliphatic rings. The van der Waals surface area contributed by atoms with E-state index in [-0.39, 0.29) is 24.0 Å². The molecule has 1 N–H and O–H groups in total. The molecule has 1 aliphatic heterocycles. The Kier molecular flexibility index (Phi) is 8.72. The van der Waals surface area contributed by atoms with Crippen LogP contribution in [0.15, 0.2) is 23.1 Å². The number of rotatable bonds is 10. The Labute approximate surface area is 178 Å². The number of nitrogens with one attached hydrogen (secondary N) is 1. The van der Waals surface area contributed by atoms with Gasteiger partial charge in [0, 0.05) is 6.54 Å². The molecule has 1 aromatic carbocycles. The topological polar surface area (TPSA) is 111 Å². The molecule has 0 aliphatic carbocycles. The van der Waals surface area contributed by atoms with Crippen LogP contribution in [-0.2, 0) is 19.1 Å². The number of nitrogens with zero attached hydrogens (tertiary/aromatic N) is 1. The van der Waals surface area contributed by atoms with Crippen LogP contribution in [0.5, 0.6) is 11.5 Å². The number of carbonyl (C=O) groups is 4. The van der Waals surface area contributed by atoms with E-state index in [1.54, 1.807) is 18.2 Å². The lowest BCUT2D eigenvalue weighted by atomic mass is 10.2. The number of ether oxygens (including phenoxy) is 3. The van der Waals surface area contributed by atoms with Gasteiger partial charge in [0.1, 0.15) is 6.54 Å². The Balaban J connectivity index is 2.09. The van der Waals surface area contributed by atoms with Crippen molar-refractivity contribution >= 4 is 40.9 Å². The van der Waals surface area contributed by atoms with E-state index >= 15 is 0 Å². The molecule has 3 amide bonds. The first-order valence-electron chi connectivity index (χ1n) is 9.29. The summed E-state index contributed by atoms with van der Waals surface area (Å²) in [6.45, 7) is 1.92. The molecule has 0 atom stereocenters. The highest BCUT2D eigenvalue weighted by atomic mass is 32.2. The molecule has 1 fully saturated rings. The van der Waals surface area contributed by atoms with Crippen molar-refractivity contribution < 1.29 is 33.4 Å². The number of amides is 3. The molecule has 0 aromatic heterocycles. The van der Waals surface area contributed by atoms with E-state index < -0.39 is 17.1 Å². The van der Waals surface area contributed by atoms with Gasteiger partial charge >= 0.3 is 5.97 Å². The van der Waals surface area contributed by atoms with E-state index in [4.69, 9.17) is 9.47 Å². The first kappa shape index (κ1) is 23.3. The summed E-state index contributed by atoms with van der Waals surface area (Å²) in [6, 6.07) is 4.84. The largest absolute Gasteiger partial charge is 0.493 e. The van der Waals surface area contributed by atoms with Gasteiger partial charge in [-0.25, -0.2) is 4.79 Å². The van der Waals surface area contributed by atoms with Gasteiger partial charge in [-0.15, -0.1) is 0 Å². The normalized spacial score (nSPS) is 14.8. The average Bonchev–Trinajstić information content (AvgIpc) is 2.99. The molecule has 0 unspecified atom stereocenters. The predicted octanol–water partition coefficient (Wildman–Crippen LogP) is 2.20. The van der Waals surface area contributed by atoms with Crippen molar-refractivity contribution in [2.24, 2.45) is 0 Å². The van der Waals surface area contributed by atoms with Crippen molar-refractivity contribution in [3.05, 3.63) is 28.7 Å². The van der Waals surface area contributed by atoms with Gasteiger partial charge in [0.2, 0.25) is 5.91 Å². The lowest BCUT2D eigenvalue weighted by Gasteiger charge is -2.12.